The van der Waals surface area contributed by atoms with Gasteiger partial charge in [-0.2, -0.15) is 0 Å². The fourth-order valence-corrected chi connectivity index (χ4v) is 1.81. The Morgan fingerprint density at radius 3 is 2.14 bits per heavy atom. The van der Waals surface area contributed by atoms with E-state index in [1.54, 1.807) is 36.5 Å². The van der Waals surface area contributed by atoms with Crippen LogP contribution in [-0.4, -0.2) is 28.1 Å². The van der Waals surface area contributed by atoms with Gasteiger partial charge in [0.15, 0.2) is 5.78 Å². The number of hydrogen-bond acceptors (Lipinski definition) is 3. The van der Waals surface area contributed by atoms with E-state index in [0.717, 1.165) is 25.7 Å². The van der Waals surface area contributed by atoms with Crippen molar-refractivity contribution in [1.29, 1.82) is 0 Å². The highest BCUT2D eigenvalue weighted by Gasteiger charge is 1.98. The van der Waals surface area contributed by atoms with Crippen LogP contribution in [0.25, 0.3) is 0 Å². The second-order valence-corrected chi connectivity index (χ2v) is 5.23. The number of ketones is 1. The number of allylic oxidation sites excluding steroid dienone is 5. The minimum Gasteiger partial charge on any atom is -0.481 e. The van der Waals surface area contributed by atoms with Crippen molar-refractivity contribution >= 4 is 11.8 Å². The monoisotopic (exact) mass is 308 g/mol. The molecule has 2 N–H and O–H groups in total. The Kier molecular flexibility index (Phi) is 13.2. The molecule has 4 nitrogen and oxygen atoms in total. The smallest absolute Gasteiger partial charge is 0.303 e. The minimum atomic E-state index is -0.743. The Hall–Kier alpha value is -1.68. The zero-order chi connectivity index (χ0) is 16.6. The van der Waals surface area contributed by atoms with E-state index in [0.29, 0.717) is 19.3 Å². The summed E-state index contributed by atoms with van der Waals surface area (Å²) in [7, 11) is 0. The van der Waals surface area contributed by atoms with Crippen molar-refractivity contribution in [2.24, 2.45) is 0 Å². The van der Waals surface area contributed by atoms with E-state index in [1.807, 2.05) is 6.92 Å². The molecule has 0 spiro atoms. The predicted octanol–water partition coefficient (Wildman–Crippen LogP) is 3.81. The maximum atomic E-state index is 11.6. The predicted molar refractivity (Wildman–Crippen MR) is 88.7 cm³/mol. The van der Waals surface area contributed by atoms with Gasteiger partial charge in [-0.15, -0.1) is 0 Å². The Morgan fingerprint density at radius 1 is 0.909 bits per heavy atom. The largest absolute Gasteiger partial charge is 0.481 e. The summed E-state index contributed by atoms with van der Waals surface area (Å²) >= 11 is 0. The summed E-state index contributed by atoms with van der Waals surface area (Å²) in [4.78, 5) is 21.9. The topological polar surface area (TPSA) is 74.6 Å². The zero-order valence-corrected chi connectivity index (χ0v) is 13.4. The lowest BCUT2D eigenvalue weighted by molar-refractivity contribution is -0.137. The molecule has 0 aliphatic carbocycles. The molecule has 0 fully saturated rings. The molecule has 124 valence electrons. The molecule has 0 amide bonds. The number of aliphatic carboxylic acids is 1. The van der Waals surface area contributed by atoms with Crippen LogP contribution in [0.4, 0.5) is 0 Å². The second-order valence-electron chi connectivity index (χ2n) is 5.23. The number of carboxylic acids is 1. The Bertz CT molecular complexity index is 394. The number of carbonyl (C=O) groups excluding carboxylic acids is 1. The quantitative estimate of drug-likeness (QED) is 0.308. The van der Waals surface area contributed by atoms with E-state index in [2.05, 4.69) is 0 Å². The van der Waals surface area contributed by atoms with Crippen molar-refractivity contribution in [2.45, 2.75) is 64.4 Å². The van der Waals surface area contributed by atoms with Crippen LogP contribution in [0, 0.1) is 0 Å². The molecule has 1 atom stereocenters. The first kappa shape index (κ1) is 20.3. The molecule has 0 aromatic heterocycles. The fourth-order valence-electron chi connectivity index (χ4n) is 1.81. The lowest BCUT2D eigenvalue weighted by Gasteiger charge is -1.98. The van der Waals surface area contributed by atoms with E-state index in [4.69, 9.17) is 5.11 Å². The molecule has 0 rings (SSSR count). The number of carboxylic acid groups (broad SMARTS) is 1. The van der Waals surface area contributed by atoms with E-state index in [-0.39, 0.29) is 12.2 Å². The number of aliphatic hydroxyl groups excluding tert-OH is 1. The van der Waals surface area contributed by atoms with Gasteiger partial charge in [0.25, 0.3) is 0 Å². The molecule has 0 radical (unpaired) electrons. The molecule has 0 aliphatic heterocycles. The lowest BCUT2D eigenvalue weighted by Crippen LogP contribution is -1.97. The standard InChI is InChI=1S/C18H28O4/c1-2-16(19)12-8-6-7-10-14-17(20)13-9-4-3-5-11-15-18(21)22/h6-8,10,12,14,16,19H,2-5,9,11,13,15H2,1H3,(H,21,22). The molecule has 22 heavy (non-hydrogen) atoms. The van der Waals surface area contributed by atoms with Crippen LogP contribution in [-0.2, 0) is 9.59 Å². The Morgan fingerprint density at radius 2 is 1.50 bits per heavy atom. The average Bonchev–Trinajstić information content (AvgIpc) is 2.49. The van der Waals surface area contributed by atoms with Crippen LogP contribution >= 0.6 is 0 Å². The molecule has 0 heterocycles. The number of aliphatic hydroxyl groups is 1. The fraction of sp³-hybridized carbons (Fsp3) is 0.556. The van der Waals surface area contributed by atoms with Crippen LogP contribution in [0.15, 0.2) is 36.5 Å². The van der Waals surface area contributed by atoms with E-state index >= 15 is 0 Å². The molecule has 4 heteroatoms. The van der Waals surface area contributed by atoms with Crippen molar-refractivity contribution in [1.82, 2.24) is 0 Å². The molecule has 0 aromatic carbocycles. The van der Waals surface area contributed by atoms with Crippen LogP contribution in [0.3, 0.4) is 0 Å². The summed E-state index contributed by atoms with van der Waals surface area (Å²) in [5.41, 5.74) is 0. The van der Waals surface area contributed by atoms with Crippen molar-refractivity contribution in [3.63, 3.8) is 0 Å². The average molecular weight is 308 g/mol. The van der Waals surface area contributed by atoms with Gasteiger partial charge in [0.2, 0.25) is 0 Å². The number of rotatable bonds is 13. The molecule has 0 aromatic rings. The first-order valence-electron chi connectivity index (χ1n) is 8.00. The lowest BCUT2D eigenvalue weighted by atomic mass is 10.1. The van der Waals surface area contributed by atoms with Gasteiger partial charge in [-0.1, -0.05) is 56.6 Å². The van der Waals surface area contributed by atoms with Crippen molar-refractivity contribution in [3.8, 4) is 0 Å². The van der Waals surface area contributed by atoms with Crippen molar-refractivity contribution in [3.05, 3.63) is 36.5 Å². The molecule has 0 saturated heterocycles. The van der Waals surface area contributed by atoms with E-state index < -0.39 is 12.1 Å². The molecule has 0 aliphatic rings. The number of carbonyl (C=O) groups is 2. The zero-order valence-electron chi connectivity index (χ0n) is 13.4. The summed E-state index contributed by atoms with van der Waals surface area (Å²) in [6.45, 7) is 1.91. The van der Waals surface area contributed by atoms with Gasteiger partial charge in [-0.3, -0.25) is 9.59 Å². The first-order valence-corrected chi connectivity index (χ1v) is 8.00. The number of unbranched alkanes of at least 4 members (excludes halogenated alkanes) is 4. The van der Waals surface area contributed by atoms with Crippen LogP contribution in [0.2, 0.25) is 0 Å². The van der Waals surface area contributed by atoms with Gasteiger partial charge in [0.1, 0.15) is 0 Å². The van der Waals surface area contributed by atoms with Crippen molar-refractivity contribution in [2.75, 3.05) is 0 Å². The van der Waals surface area contributed by atoms with Gasteiger partial charge in [-0.25, -0.2) is 0 Å². The van der Waals surface area contributed by atoms with Crippen LogP contribution in [0.1, 0.15) is 58.3 Å². The van der Waals surface area contributed by atoms with Gasteiger partial charge in [0, 0.05) is 12.8 Å². The van der Waals surface area contributed by atoms with E-state index in [9.17, 15) is 14.7 Å². The Labute approximate surface area is 133 Å². The summed E-state index contributed by atoms with van der Waals surface area (Å²) < 4.78 is 0. The summed E-state index contributed by atoms with van der Waals surface area (Å²) in [5, 5.41) is 17.8. The SMILES string of the molecule is CCC(O)C=CC=CC=CC(=O)CCCCCCCC(=O)O. The third-order valence-corrected chi connectivity index (χ3v) is 3.18. The third-order valence-electron chi connectivity index (χ3n) is 3.18. The van der Waals surface area contributed by atoms with Gasteiger partial charge < -0.3 is 10.2 Å². The molecule has 1 unspecified atom stereocenters. The highest BCUT2D eigenvalue weighted by Crippen LogP contribution is 2.07. The summed E-state index contributed by atoms with van der Waals surface area (Å²) in [5.74, 6) is -0.639. The normalized spacial score (nSPS) is 13.4. The highest BCUT2D eigenvalue weighted by molar-refractivity contribution is 5.89. The second kappa shape index (κ2) is 14.3. The van der Waals surface area contributed by atoms with Crippen molar-refractivity contribution < 1.29 is 19.8 Å². The molecular formula is C18H28O4. The van der Waals surface area contributed by atoms with Gasteiger partial charge >= 0.3 is 5.97 Å². The van der Waals surface area contributed by atoms with Gasteiger partial charge in [0.05, 0.1) is 6.10 Å². The maximum absolute atomic E-state index is 11.6. The highest BCUT2D eigenvalue weighted by atomic mass is 16.4. The maximum Gasteiger partial charge on any atom is 0.303 e. The first-order chi connectivity index (χ1) is 10.6. The summed E-state index contributed by atoms with van der Waals surface area (Å²) in [6, 6.07) is 0. The van der Waals surface area contributed by atoms with E-state index in [1.165, 1.54) is 0 Å². The Balaban J connectivity index is 3.60. The van der Waals surface area contributed by atoms with Crippen LogP contribution in [0.5, 0.6) is 0 Å². The summed E-state index contributed by atoms with van der Waals surface area (Å²) in [6.07, 6.45) is 15.8. The number of hydrogen-bond donors (Lipinski definition) is 2. The molecule has 0 saturated carbocycles. The minimum absolute atomic E-state index is 0.104. The van der Waals surface area contributed by atoms with Gasteiger partial charge in [-0.05, 0) is 25.3 Å². The molecular weight excluding hydrogens is 280 g/mol. The third kappa shape index (κ3) is 14.7. The molecule has 0 bridgehead atoms. The van der Waals surface area contributed by atoms with Crippen LogP contribution < -0.4 is 0 Å².